The Kier molecular flexibility index (Phi) is 2.62. The summed E-state index contributed by atoms with van der Waals surface area (Å²) in [5.74, 6) is 0.322. The van der Waals surface area contributed by atoms with Gasteiger partial charge in [0.2, 0.25) is 11.9 Å². The molecule has 2 aromatic rings. The zero-order valence-electron chi connectivity index (χ0n) is 9.85. The molecule has 2 aromatic heterocycles. The van der Waals surface area contributed by atoms with Gasteiger partial charge in [-0.2, -0.15) is 9.97 Å². The van der Waals surface area contributed by atoms with E-state index in [-0.39, 0.29) is 30.9 Å². The molecule has 0 unspecified atom stereocenters. The topological polar surface area (TPSA) is 160 Å². The Morgan fingerprint density at radius 2 is 2.05 bits per heavy atom. The minimum Gasteiger partial charge on any atom is -0.391 e. The van der Waals surface area contributed by atoms with Crippen LogP contribution in [0.25, 0.3) is 11.2 Å². The van der Waals surface area contributed by atoms with Crippen molar-refractivity contribution < 1.29 is 14.6 Å². The first kappa shape index (κ1) is 11.9. The van der Waals surface area contributed by atoms with Crippen LogP contribution in [0.15, 0.2) is 0 Å². The summed E-state index contributed by atoms with van der Waals surface area (Å²) in [6.07, 6.45) is -1.24. The van der Waals surface area contributed by atoms with Crippen molar-refractivity contribution in [2.75, 3.05) is 30.4 Å². The maximum Gasteiger partial charge on any atom is 0.224 e. The van der Waals surface area contributed by atoms with Crippen molar-refractivity contribution in [1.82, 2.24) is 19.5 Å². The highest BCUT2D eigenvalue weighted by Crippen LogP contribution is 2.29. The second kappa shape index (κ2) is 4.19. The third kappa shape index (κ3) is 1.82. The Hall–Kier alpha value is -2.17. The highest BCUT2D eigenvalue weighted by Gasteiger charge is 2.30. The quantitative estimate of drug-likeness (QED) is 0.504. The van der Waals surface area contributed by atoms with E-state index < -0.39 is 12.5 Å². The molecule has 0 aliphatic carbocycles. The minimum absolute atomic E-state index is 0.0174. The number of aromatic nitrogens is 4. The first-order valence-corrected chi connectivity index (χ1v) is 5.54. The van der Waals surface area contributed by atoms with E-state index in [1.807, 2.05) is 0 Å². The van der Waals surface area contributed by atoms with E-state index >= 15 is 0 Å². The summed E-state index contributed by atoms with van der Waals surface area (Å²) in [6, 6.07) is 0. The second-order valence-electron chi connectivity index (χ2n) is 4.02. The lowest BCUT2D eigenvalue weighted by atomic mass is 10.5. The number of hydrogen-bond acceptors (Lipinski definition) is 9. The van der Waals surface area contributed by atoms with Crippen LogP contribution < -0.4 is 17.2 Å². The first-order chi connectivity index (χ1) is 9.10. The molecule has 3 rings (SSSR count). The van der Waals surface area contributed by atoms with Crippen LogP contribution in [0.2, 0.25) is 0 Å². The van der Waals surface area contributed by atoms with Crippen molar-refractivity contribution in [2.45, 2.75) is 12.5 Å². The van der Waals surface area contributed by atoms with Crippen molar-refractivity contribution in [1.29, 1.82) is 0 Å². The summed E-state index contributed by atoms with van der Waals surface area (Å²) in [5.41, 5.74) is 17.8. The zero-order valence-corrected chi connectivity index (χ0v) is 9.85. The first-order valence-electron chi connectivity index (χ1n) is 5.54. The molecule has 19 heavy (non-hydrogen) atoms. The molecule has 0 spiro atoms. The lowest BCUT2D eigenvalue weighted by Crippen LogP contribution is -2.17. The molecule has 10 nitrogen and oxygen atoms in total. The van der Waals surface area contributed by atoms with Crippen LogP contribution in [-0.4, -0.2) is 44.1 Å². The highest BCUT2D eigenvalue weighted by atomic mass is 16.7. The molecule has 0 aromatic carbocycles. The fraction of sp³-hybridized carbons (Fsp3) is 0.444. The van der Waals surface area contributed by atoms with Gasteiger partial charge in [0.1, 0.15) is 0 Å². The lowest BCUT2D eigenvalue weighted by Gasteiger charge is -2.13. The fourth-order valence-corrected chi connectivity index (χ4v) is 1.99. The van der Waals surface area contributed by atoms with Gasteiger partial charge in [-0.15, -0.1) is 0 Å². The summed E-state index contributed by atoms with van der Waals surface area (Å²) in [6.45, 7) is -0.0347. The number of nitrogens with zero attached hydrogens (tertiary/aromatic N) is 4. The van der Waals surface area contributed by atoms with Gasteiger partial charge in [-0.25, -0.2) is 4.98 Å². The number of nitrogen functional groups attached to an aromatic ring is 3. The zero-order chi connectivity index (χ0) is 13.6. The van der Waals surface area contributed by atoms with E-state index in [4.69, 9.17) is 31.8 Å². The van der Waals surface area contributed by atoms with Crippen molar-refractivity contribution in [3.8, 4) is 0 Å². The molecule has 10 heteroatoms. The van der Waals surface area contributed by atoms with Gasteiger partial charge in [-0.3, -0.25) is 4.57 Å². The molecule has 0 radical (unpaired) electrons. The summed E-state index contributed by atoms with van der Waals surface area (Å²) in [7, 11) is 0. The minimum atomic E-state index is -0.696. The van der Waals surface area contributed by atoms with Crippen molar-refractivity contribution in [3.63, 3.8) is 0 Å². The van der Waals surface area contributed by atoms with Gasteiger partial charge in [0.25, 0.3) is 0 Å². The predicted molar refractivity (Wildman–Crippen MR) is 65.5 cm³/mol. The molecule has 7 N–H and O–H groups in total. The normalized spacial score (nSPS) is 23.2. The Labute approximate surface area is 107 Å². The van der Waals surface area contributed by atoms with Crippen LogP contribution in [0.3, 0.4) is 0 Å². The smallest absolute Gasteiger partial charge is 0.224 e. The Balaban J connectivity index is 2.11. The van der Waals surface area contributed by atoms with E-state index in [2.05, 4.69) is 15.0 Å². The highest BCUT2D eigenvalue weighted by molar-refractivity contribution is 5.85. The van der Waals surface area contributed by atoms with Gasteiger partial charge >= 0.3 is 0 Å². The van der Waals surface area contributed by atoms with Crippen LogP contribution >= 0.6 is 0 Å². The monoisotopic (exact) mass is 267 g/mol. The Morgan fingerprint density at radius 1 is 1.26 bits per heavy atom. The molecule has 1 aliphatic rings. The maximum absolute atomic E-state index is 8.98. The average Bonchev–Trinajstić information content (AvgIpc) is 2.93. The molecule has 1 saturated heterocycles. The summed E-state index contributed by atoms with van der Waals surface area (Å²) in [4.78, 5) is 12.0. The van der Waals surface area contributed by atoms with Gasteiger partial charge < -0.3 is 31.8 Å². The van der Waals surface area contributed by atoms with E-state index in [1.54, 1.807) is 0 Å². The van der Waals surface area contributed by atoms with Gasteiger partial charge in [0.05, 0.1) is 13.2 Å². The molecule has 0 bridgehead atoms. The average molecular weight is 267 g/mol. The molecule has 102 valence electrons. The number of nitrogens with two attached hydrogens (primary N) is 3. The number of rotatable bonds is 2. The molecule has 0 amide bonds. The molecule has 0 saturated carbocycles. The van der Waals surface area contributed by atoms with E-state index in [9.17, 15) is 0 Å². The van der Waals surface area contributed by atoms with E-state index in [0.29, 0.717) is 11.2 Å². The van der Waals surface area contributed by atoms with Crippen molar-refractivity contribution in [2.24, 2.45) is 0 Å². The maximum atomic E-state index is 8.98. The number of hydrogen-bond donors (Lipinski definition) is 4. The molecule has 1 fully saturated rings. The number of aliphatic hydroxyl groups is 1. The van der Waals surface area contributed by atoms with Gasteiger partial charge in [-0.05, 0) is 0 Å². The third-order valence-corrected chi connectivity index (χ3v) is 2.78. The number of ether oxygens (including phenoxy) is 2. The largest absolute Gasteiger partial charge is 0.391 e. The second-order valence-corrected chi connectivity index (χ2v) is 4.02. The standard InChI is InChI=1S/C9H13N7O3/c10-6-5-7(15-8(11)14-6)16(9(12)13-5)3-2-18-4(1-17)19-3/h3-4,17H,1-2H2,(H2,12,13)(H4,10,11,14,15)/t3-,4-/m0/s1. The Bertz CT molecular complexity index is 628. The summed E-state index contributed by atoms with van der Waals surface area (Å²) in [5, 5.41) is 8.98. The van der Waals surface area contributed by atoms with Gasteiger partial charge in [-0.1, -0.05) is 0 Å². The van der Waals surface area contributed by atoms with Crippen molar-refractivity contribution in [3.05, 3.63) is 0 Å². The molecule has 2 atom stereocenters. The number of aliphatic hydroxyl groups excluding tert-OH is 1. The van der Waals surface area contributed by atoms with Crippen LogP contribution in [0, 0.1) is 0 Å². The molecule has 1 aliphatic heterocycles. The molecular formula is C9H13N7O3. The SMILES string of the molecule is Nc1nc(N)c2nc(N)n([C@@H]3CO[C@H](CO)O3)c2n1. The van der Waals surface area contributed by atoms with Gasteiger partial charge in [0, 0.05) is 0 Å². The predicted octanol–water partition coefficient (Wildman–Crippen LogP) is -1.56. The van der Waals surface area contributed by atoms with E-state index in [0.717, 1.165) is 0 Å². The fourth-order valence-electron chi connectivity index (χ4n) is 1.99. The Morgan fingerprint density at radius 3 is 2.74 bits per heavy atom. The van der Waals surface area contributed by atoms with Crippen LogP contribution in [-0.2, 0) is 9.47 Å². The third-order valence-electron chi connectivity index (χ3n) is 2.78. The number of anilines is 3. The van der Waals surface area contributed by atoms with E-state index in [1.165, 1.54) is 4.57 Å². The van der Waals surface area contributed by atoms with Crippen LogP contribution in [0.5, 0.6) is 0 Å². The number of fused-ring (bicyclic) bond motifs is 1. The summed E-state index contributed by atoms with van der Waals surface area (Å²) >= 11 is 0. The lowest BCUT2D eigenvalue weighted by molar-refractivity contribution is -0.0977. The summed E-state index contributed by atoms with van der Waals surface area (Å²) < 4.78 is 12.2. The molecule has 3 heterocycles. The molecular weight excluding hydrogens is 254 g/mol. The van der Waals surface area contributed by atoms with Crippen LogP contribution in [0.4, 0.5) is 17.7 Å². The van der Waals surface area contributed by atoms with Crippen LogP contribution in [0.1, 0.15) is 6.23 Å². The van der Waals surface area contributed by atoms with Crippen molar-refractivity contribution >= 4 is 28.9 Å². The van der Waals surface area contributed by atoms with Gasteiger partial charge in [0.15, 0.2) is 29.5 Å². The number of imidazole rings is 1.